The van der Waals surface area contributed by atoms with Gasteiger partial charge in [0.25, 0.3) is 0 Å². The normalized spacial score (nSPS) is 17.8. The van der Waals surface area contributed by atoms with Crippen molar-refractivity contribution in [1.29, 1.82) is 0 Å². The Labute approximate surface area is 114 Å². The van der Waals surface area contributed by atoms with Crippen molar-refractivity contribution < 1.29 is 0 Å². The zero-order valence-electron chi connectivity index (χ0n) is 11.5. The van der Waals surface area contributed by atoms with Gasteiger partial charge in [0.05, 0.1) is 0 Å². The van der Waals surface area contributed by atoms with E-state index >= 15 is 0 Å². The van der Waals surface area contributed by atoms with Gasteiger partial charge in [-0.15, -0.1) is 0 Å². The van der Waals surface area contributed by atoms with Gasteiger partial charge in [0, 0.05) is 37.0 Å². The number of nitrogens with zero attached hydrogens (tertiary/aromatic N) is 2. The summed E-state index contributed by atoms with van der Waals surface area (Å²) < 4.78 is 2.04. The summed E-state index contributed by atoms with van der Waals surface area (Å²) in [6.07, 6.45) is 8.87. The summed E-state index contributed by atoms with van der Waals surface area (Å²) in [5.41, 5.74) is 8.83. The highest BCUT2D eigenvalue weighted by Crippen LogP contribution is 2.40. The number of aryl methyl sites for hydroxylation is 1. The van der Waals surface area contributed by atoms with E-state index in [9.17, 15) is 0 Å². The van der Waals surface area contributed by atoms with Crippen LogP contribution in [0, 0.1) is 0 Å². The molecule has 0 atom stereocenters. The third-order valence-electron chi connectivity index (χ3n) is 4.53. The lowest BCUT2D eigenvalue weighted by Gasteiger charge is -2.28. The molecule has 0 saturated heterocycles. The zero-order valence-corrected chi connectivity index (χ0v) is 11.5. The molecule has 100 valence electrons. The van der Waals surface area contributed by atoms with Crippen LogP contribution >= 0.6 is 0 Å². The number of aromatic nitrogens is 2. The van der Waals surface area contributed by atoms with E-state index in [1.165, 1.54) is 36.8 Å². The van der Waals surface area contributed by atoms with Crippen LogP contribution in [0.4, 0.5) is 0 Å². The van der Waals surface area contributed by atoms with Crippen molar-refractivity contribution in [2.24, 2.45) is 12.8 Å². The molecule has 0 amide bonds. The SMILES string of the molecule is Cn1ccnc1-c1ccc(C2(CN)CCCC2)cc1. The van der Waals surface area contributed by atoms with Crippen molar-refractivity contribution >= 4 is 0 Å². The molecule has 1 saturated carbocycles. The summed E-state index contributed by atoms with van der Waals surface area (Å²) in [5, 5.41) is 0. The first-order valence-corrected chi connectivity index (χ1v) is 7.03. The molecule has 2 aromatic rings. The number of imidazole rings is 1. The van der Waals surface area contributed by atoms with Crippen molar-refractivity contribution in [3.05, 3.63) is 42.2 Å². The highest BCUT2D eigenvalue weighted by molar-refractivity contribution is 5.56. The molecule has 0 bridgehead atoms. The fourth-order valence-corrected chi connectivity index (χ4v) is 3.28. The molecule has 1 aliphatic rings. The summed E-state index contributed by atoms with van der Waals surface area (Å²) in [7, 11) is 2.02. The molecule has 3 nitrogen and oxygen atoms in total. The van der Waals surface area contributed by atoms with Gasteiger partial charge in [0.1, 0.15) is 5.82 Å². The second-order valence-corrected chi connectivity index (χ2v) is 5.63. The number of nitrogens with two attached hydrogens (primary N) is 1. The zero-order chi connectivity index (χ0) is 13.3. The van der Waals surface area contributed by atoms with E-state index in [0.717, 1.165) is 12.4 Å². The summed E-state index contributed by atoms with van der Waals surface area (Å²) in [6, 6.07) is 8.82. The molecule has 3 rings (SSSR count). The molecule has 1 aromatic heterocycles. The van der Waals surface area contributed by atoms with Crippen molar-refractivity contribution in [3.63, 3.8) is 0 Å². The van der Waals surface area contributed by atoms with Crippen molar-refractivity contribution in [1.82, 2.24) is 9.55 Å². The minimum atomic E-state index is 0.222. The number of hydrogen-bond donors (Lipinski definition) is 1. The van der Waals surface area contributed by atoms with Gasteiger partial charge in [0.2, 0.25) is 0 Å². The molecule has 0 spiro atoms. The molecule has 2 N–H and O–H groups in total. The largest absolute Gasteiger partial charge is 0.334 e. The molecule has 0 aliphatic heterocycles. The van der Waals surface area contributed by atoms with E-state index in [-0.39, 0.29) is 5.41 Å². The summed E-state index contributed by atoms with van der Waals surface area (Å²) in [4.78, 5) is 4.39. The summed E-state index contributed by atoms with van der Waals surface area (Å²) >= 11 is 0. The highest BCUT2D eigenvalue weighted by atomic mass is 15.0. The van der Waals surface area contributed by atoms with Gasteiger partial charge in [-0.05, 0) is 18.4 Å². The van der Waals surface area contributed by atoms with Gasteiger partial charge in [-0.3, -0.25) is 0 Å². The molecule has 0 radical (unpaired) electrons. The quantitative estimate of drug-likeness (QED) is 0.916. The Hall–Kier alpha value is -1.61. The van der Waals surface area contributed by atoms with Crippen LogP contribution in [0.25, 0.3) is 11.4 Å². The van der Waals surface area contributed by atoms with Gasteiger partial charge in [-0.2, -0.15) is 0 Å². The maximum atomic E-state index is 6.04. The fraction of sp³-hybridized carbons (Fsp3) is 0.438. The van der Waals surface area contributed by atoms with Gasteiger partial charge < -0.3 is 10.3 Å². The van der Waals surface area contributed by atoms with Crippen molar-refractivity contribution in [2.75, 3.05) is 6.54 Å². The van der Waals surface area contributed by atoms with E-state index in [4.69, 9.17) is 5.73 Å². The maximum Gasteiger partial charge on any atom is 0.139 e. The number of rotatable bonds is 3. The Morgan fingerprint density at radius 2 is 1.89 bits per heavy atom. The van der Waals surface area contributed by atoms with Crippen LogP contribution in [-0.4, -0.2) is 16.1 Å². The minimum Gasteiger partial charge on any atom is -0.334 e. The van der Waals surface area contributed by atoms with Gasteiger partial charge in [-0.1, -0.05) is 37.1 Å². The van der Waals surface area contributed by atoms with Crippen molar-refractivity contribution in [2.45, 2.75) is 31.1 Å². The standard InChI is InChI=1S/C16H21N3/c1-19-11-10-18-15(19)13-4-6-14(7-5-13)16(12-17)8-2-3-9-16/h4-7,10-11H,2-3,8-9,12,17H2,1H3. The smallest absolute Gasteiger partial charge is 0.139 e. The molecular weight excluding hydrogens is 234 g/mol. The van der Waals surface area contributed by atoms with E-state index < -0.39 is 0 Å². The Balaban J connectivity index is 1.93. The average Bonchev–Trinajstić information content (AvgIpc) is 3.08. The van der Waals surface area contributed by atoms with E-state index in [0.29, 0.717) is 0 Å². The van der Waals surface area contributed by atoms with Gasteiger partial charge >= 0.3 is 0 Å². The molecule has 1 heterocycles. The van der Waals surface area contributed by atoms with Crippen LogP contribution in [0.3, 0.4) is 0 Å². The Bertz CT molecular complexity index is 548. The first-order chi connectivity index (χ1) is 9.25. The highest BCUT2D eigenvalue weighted by Gasteiger charge is 2.33. The first kappa shape index (κ1) is 12.4. The number of benzene rings is 1. The number of hydrogen-bond acceptors (Lipinski definition) is 2. The Morgan fingerprint density at radius 1 is 1.21 bits per heavy atom. The lowest BCUT2D eigenvalue weighted by atomic mass is 9.79. The molecule has 19 heavy (non-hydrogen) atoms. The second-order valence-electron chi connectivity index (χ2n) is 5.63. The topological polar surface area (TPSA) is 43.8 Å². The fourth-order valence-electron chi connectivity index (χ4n) is 3.28. The molecule has 1 aromatic carbocycles. The third kappa shape index (κ3) is 2.08. The summed E-state index contributed by atoms with van der Waals surface area (Å²) in [5.74, 6) is 1.01. The second kappa shape index (κ2) is 4.82. The Kier molecular flexibility index (Phi) is 3.15. The predicted molar refractivity (Wildman–Crippen MR) is 77.8 cm³/mol. The van der Waals surface area contributed by atoms with Crippen LogP contribution in [-0.2, 0) is 12.5 Å². The van der Waals surface area contributed by atoms with E-state index in [2.05, 4.69) is 29.2 Å². The van der Waals surface area contributed by atoms with Crippen LogP contribution in [0.2, 0.25) is 0 Å². The lowest BCUT2D eigenvalue weighted by Crippen LogP contribution is -2.31. The van der Waals surface area contributed by atoms with Crippen LogP contribution < -0.4 is 5.73 Å². The van der Waals surface area contributed by atoms with E-state index in [1.54, 1.807) is 0 Å². The summed E-state index contributed by atoms with van der Waals surface area (Å²) in [6.45, 7) is 0.759. The average molecular weight is 255 g/mol. The van der Waals surface area contributed by atoms with Crippen LogP contribution in [0.1, 0.15) is 31.2 Å². The molecule has 3 heteroatoms. The van der Waals surface area contributed by atoms with E-state index in [1.807, 2.05) is 24.0 Å². The third-order valence-corrected chi connectivity index (χ3v) is 4.53. The minimum absolute atomic E-state index is 0.222. The van der Waals surface area contributed by atoms with Crippen LogP contribution in [0.15, 0.2) is 36.7 Å². The monoisotopic (exact) mass is 255 g/mol. The predicted octanol–water partition coefficient (Wildman–Crippen LogP) is 2.86. The van der Waals surface area contributed by atoms with Crippen LogP contribution in [0.5, 0.6) is 0 Å². The molecule has 1 fully saturated rings. The van der Waals surface area contributed by atoms with Gasteiger partial charge in [-0.25, -0.2) is 4.98 Å². The molecule has 0 unspecified atom stereocenters. The first-order valence-electron chi connectivity index (χ1n) is 7.03. The Morgan fingerprint density at radius 3 is 2.42 bits per heavy atom. The molecule has 1 aliphatic carbocycles. The molecular formula is C16H21N3. The lowest BCUT2D eigenvalue weighted by molar-refractivity contribution is 0.453. The van der Waals surface area contributed by atoms with Crippen molar-refractivity contribution in [3.8, 4) is 11.4 Å². The maximum absolute atomic E-state index is 6.04. The van der Waals surface area contributed by atoms with Gasteiger partial charge in [0.15, 0.2) is 0 Å².